The van der Waals surface area contributed by atoms with E-state index >= 15 is 0 Å². The smallest absolute Gasteiger partial charge is 0.262 e. The molecule has 1 aliphatic rings. The molecule has 4 nitrogen and oxygen atoms in total. The molecule has 4 heteroatoms. The molecular formula is C17H20N2O2. The Hall–Kier alpha value is -2.10. The first-order valence-corrected chi connectivity index (χ1v) is 7.53. The van der Waals surface area contributed by atoms with E-state index in [1.807, 2.05) is 18.2 Å². The van der Waals surface area contributed by atoms with Gasteiger partial charge in [-0.1, -0.05) is 50.1 Å². The summed E-state index contributed by atoms with van der Waals surface area (Å²) in [4.78, 5) is 19.4. The number of nitrogens with zero attached hydrogens (tertiary/aromatic N) is 1. The third-order valence-electron chi connectivity index (χ3n) is 4.38. The zero-order chi connectivity index (χ0) is 14.8. The fourth-order valence-electron chi connectivity index (χ4n) is 3.07. The Balaban J connectivity index is 1.95. The minimum Gasteiger partial charge on any atom is -0.493 e. The van der Waals surface area contributed by atoms with E-state index in [0.29, 0.717) is 11.4 Å². The lowest BCUT2D eigenvalue weighted by molar-refractivity contribution is 0.336. The third kappa shape index (κ3) is 2.84. The molecule has 3 rings (SSSR count). The Morgan fingerprint density at radius 3 is 2.43 bits per heavy atom. The van der Waals surface area contributed by atoms with Gasteiger partial charge in [0.05, 0.1) is 0 Å². The normalized spacial score (nSPS) is 22.1. The molecule has 0 atom stereocenters. The molecule has 0 radical (unpaired) electrons. The van der Waals surface area contributed by atoms with Gasteiger partial charge in [-0.2, -0.15) is 4.98 Å². The first kappa shape index (κ1) is 13.9. The molecule has 2 aromatic rings. The molecular weight excluding hydrogens is 264 g/mol. The Morgan fingerprint density at radius 2 is 1.81 bits per heavy atom. The van der Waals surface area contributed by atoms with Gasteiger partial charge in [-0.25, -0.2) is 0 Å². The predicted molar refractivity (Wildman–Crippen MR) is 82.3 cm³/mol. The zero-order valence-electron chi connectivity index (χ0n) is 12.2. The number of aromatic hydroxyl groups is 1. The molecule has 1 aromatic heterocycles. The van der Waals surface area contributed by atoms with Crippen LogP contribution in [0.5, 0.6) is 5.88 Å². The van der Waals surface area contributed by atoms with Crippen LogP contribution in [0.15, 0.2) is 35.1 Å². The second-order valence-electron chi connectivity index (χ2n) is 5.97. The largest absolute Gasteiger partial charge is 0.493 e. The van der Waals surface area contributed by atoms with Gasteiger partial charge in [0.15, 0.2) is 0 Å². The number of H-pyrrole nitrogens is 1. The summed E-state index contributed by atoms with van der Waals surface area (Å²) >= 11 is 0. The lowest BCUT2D eigenvalue weighted by Crippen LogP contribution is -2.19. The Morgan fingerprint density at radius 1 is 1.14 bits per heavy atom. The Kier molecular flexibility index (Phi) is 3.78. The molecule has 0 aliphatic heterocycles. The van der Waals surface area contributed by atoms with Crippen LogP contribution in [0.3, 0.4) is 0 Å². The van der Waals surface area contributed by atoms with Gasteiger partial charge >= 0.3 is 0 Å². The van der Waals surface area contributed by atoms with Crippen molar-refractivity contribution in [2.45, 2.75) is 38.5 Å². The first-order chi connectivity index (χ1) is 10.1. The highest BCUT2D eigenvalue weighted by molar-refractivity contribution is 5.66. The highest BCUT2D eigenvalue weighted by Gasteiger charge is 2.23. The molecule has 0 spiro atoms. The predicted octanol–water partition coefficient (Wildman–Crippen LogP) is 3.44. The van der Waals surface area contributed by atoms with Crippen molar-refractivity contribution in [1.29, 1.82) is 0 Å². The van der Waals surface area contributed by atoms with Crippen LogP contribution in [0.2, 0.25) is 0 Å². The lowest BCUT2D eigenvalue weighted by Gasteiger charge is -2.25. The fraction of sp³-hybridized carbons (Fsp3) is 0.412. The van der Waals surface area contributed by atoms with Crippen LogP contribution in [-0.4, -0.2) is 15.1 Å². The standard InChI is InChI=1S/C17H20N2O2/c1-11-7-9-13(10-8-11)15-18-16(20)14(17(21)19-15)12-5-3-2-4-6-12/h2-6,11,13H,7-10H2,1H3,(H2,18,19,20,21). The second kappa shape index (κ2) is 5.72. The number of aromatic nitrogens is 2. The van der Waals surface area contributed by atoms with Crippen molar-refractivity contribution in [3.63, 3.8) is 0 Å². The molecule has 0 saturated heterocycles. The van der Waals surface area contributed by atoms with Crippen molar-refractivity contribution in [2.24, 2.45) is 5.92 Å². The minimum absolute atomic E-state index is 0.168. The maximum atomic E-state index is 12.3. The zero-order valence-corrected chi connectivity index (χ0v) is 12.2. The molecule has 21 heavy (non-hydrogen) atoms. The van der Waals surface area contributed by atoms with Crippen LogP contribution < -0.4 is 5.56 Å². The molecule has 1 saturated carbocycles. The molecule has 1 heterocycles. The van der Waals surface area contributed by atoms with E-state index in [9.17, 15) is 9.90 Å². The van der Waals surface area contributed by atoms with E-state index in [2.05, 4.69) is 16.9 Å². The molecule has 0 unspecified atom stereocenters. The summed E-state index contributed by atoms with van der Waals surface area (Å²) in [6.45, 7) is 2.25. The van der Waals surface area contributed by atoms with E-state index in [1.54, 1.807) is 12.1 Å². The van der Waals surface area contributed by atoms with Gasteiger partial charge in [0.1, 0.15) is 11.4 Å². The Labute approximate surface area is 123 Å². The summed E-state index contributed by atoms with van der Waals surface area (Å²) in [5.41, 5.74) is 0.679. The van der Waals surface area contributed by atoms with Crippen molar-refractivity contribution in [3.8, 4) is 17.0 Å². The van der Waals surface area contributed by atoms with Crippen LogP contribution in [-0.2, 0) is 0 Å². The topological polar surface area (TPSA) is 66.0 Å². The van der Waals surface area contributed by atoms with Crippen LogP contribution in [0.4, 0.5) is 0 Å². The summed E-state index contributed by atoms with van der Waals surface area (Å²) in [7, 11) is 0. The highest BCUT2D eigenvalue weighted by Crippen LogP contribution is 2.34. The van der Waals surface area contributed by atoms with Gasteiger partial charge in [-0.15, -0.1) is 0 Å². The highest BCUT2D eigenvalue weighted by atomic mass is 16.3. The molecule has 1 fully saturated rings. The first-order valence-electron chi connectivity index (χ1n) is 7.53. The maximum absolute atomic E-state index is 12.3. The number of aromatic amines is 1. The van der Waals surface area contributed by atoms with Crippen molar-refractivity contribution in [1.82, 2.24) is 9.97 Å². The number of hydrogen-bond acceptors (Lipinski definition) is 3. The van der Waals surface area contributed by atoms with E-state index in [0.717, 1.165) is 31.6 Å². The second-order valence-corrected chi connectivity index (χ2v) is 5.97. The summed E-state index contributed by atoms with van der Waals surface area (Å²) in [5.74, 6) is 1.46. The lowest BCUT2D eigenvalue weighted by atomic mass is 9.82. The molecule has 2 N–H and O–H groups in total. The molecule has 110 valence electrons. The van der Waals surface area contributed by atoms with Gasteiger partial charge in [0.25, 0.3) is 5.56 Å². The SMILES string of the molecule is CC1CCC(c2nc(O)c(-c3ccccc3)c(=O)[nH]2)CC1. The van der Waals surface area contributed by atoms with E-state index in [1.165, 1.54) is 0 Å². The van der Waals surface area contributed by atoms with Gasteiger partial charge in [-0.3, -0.25) is 4.79 Å². The van der Waals surface area contributed by atoms with Crippen molar-refractivity contribution >= 4 is 0 Å². The van der Waals surface area contributed by atoms with Gasteiger partial charge in [-0.05, 0) is 24.3 Å². The molecule has 1 aliphatic carbocycles. The van der Waals surface area contributed by atoms with Crippen molar-refractivity contribution in [2.75, 3.05) is 0 Å². The fourth-order valence-corrected chi connectivity index (χ4v) is 3.07. The van der Waals surface area contributed by atoms with Crippen LogP contribution in [0, 0.1) is 5.92 Å². The monoisotopic (exact) mass is 284 g/mol. The molecule has 0 bridgehead atoms. The summed E-state index contributed by atoms with van der Waals surface area (Å²) in [6.07, 6.45) is 4.34. The number of rotatable bonds is 2. The Bertz CT molecular complexity index is 671. The number of nitrogens with one attached hydrogen (secondary N) is 1. The van der Waals surface area contributed by atoms with Crippen molar-refractivity contribution in [3.05, 3.63) is 46.5 Å². The number of hydrogen-bond donors (Lipinski definition) is 2. The third-order valence-corrected chi connectivity index (χ3v) is 4.38. The van der Waals surface area contributed by atoms with E-state index in [4.69, 9.17) is 0 Å². The molecule has 0 amide bonds. The van der Waals surface area contributed by atoms with Crippen molar-refractivity contribution < 1.29 is 5.11 Å². The van der Waals surface area contributed by atoms with Crippen LogP contribution >= 0.6 is 0 Å². The van der Waals surface area contributed by atoms with Gasteiger partial charge < -0.3 is 10.1 Å². The summed E-state index contributed by atoms with van der Waals surface area (Å²) in [5, 5.41) is 10.2. The summed E-state index contributed by atoms with van der Waals surface area (Å²) < 4.78 is 0. The average molecular weight is 284 g/mol. The van der Waals surface area contributed by atoms with Gasteiger partial charge in [0.2, 0.25) is 5.88 Å². The van der Waals surface area contributed by atoms with E-state index in [-0.39, 0.29) is 22.9 Å². The quantitative estimate of drug-likeness (QED) is 0.887. The number of benzene rings is 1. The van der Waals surface area contributed by atoms with Crippen LogP contribution in [0.25, 0.3) is 11.1 Å². The average Bonchev–Trinajstić information content (AvgIpc) is 2.48. The minimum atomic E-state index is -0.262. The molecule has 1 aromatic carbocycles. The van der Waals surface area contributed by atoms with Gasteiger partial charge in [0, 0.05) is 5.92 Å². The maximum Gasteiger partial charge on any atom is 0.262 e. The van der Waals surface area contributed by atoms with E-state index < -0.39 is 0 Å². The summed E-state index contributed by atoms with van der Waals surface area (Å²) in [6, 6.07) is 9.15. The van der Waals surface area contributed by atoms with Crippen LogP contribution in [0.1, 0.15) is 44.3 Å².